The zero-order valence-corrected chi connectivity index (χ0v) is 12.4. The molecule has 0 heterocycles. The first-order valence-electron chi connectivity index (χ1n) is 7.44. The lowest BCUT2D eigenvalue weighted by Gasteiger charge is -2.13. The lowest BCUT2D eigenvalue weighted by molar-refractivity contribution is 0.805. The maximum atomic E-state index is 2.29. The van der Waals surface area contributed by atoms with E-state index in [2.05, 4.69) is 63.2 Å². The van der Waals surface area contributed by atoms with E-state index in [1.165, 1.54) is 47.6 Å². The van der Waals surface area contributed by atoms with Crippen molar-refractivity contribution >= 4 is 16.3 Å². The first-order valence-corrected chi connectivity index (χ1v) is 7.44. The van der Waals surface area contributed by atoms with Crippen LogP contribution >= 0.6 is 0 Å². The van der Waals surface area contributed by atoms with Crippen LogP contribution in [0.5, 0.6) is 0 Å². The molecule has 0 heteroatoms. The molecule has 0 bridgehead atoms. The van der Waals surface area contributed by atoms with Crippen molar-refractivity contribution in [3.05, 3.63) is 53.6 Å². The molecule has 0 aliphatic rings. The molecule has 2 aromatic carbocycles. The fourth-order valence-electron chi connectivity index (χ4n) is 2.85. The molecule has 0 aromatic heterocycles. The largest absolute Gasteiger partial charge is 0.0667 e. The molecule has 0 aliphatic heterocycles. The van der Waals surface area contributed by atoms with E-state index in [1.54, 1.807) is 5.57 Å². The van der Waals surface area contributed by atoms with Gasteiger partial charge in [-0.25, -0.2) is 0 Å². The number of hydrogen-bond donors (Lipinski definition) is 0. The molecular weight excluding hydrogens is 228 g/mol. The van der Waals surface area contributed by atoms with Crippen molar-refractivity contribution < 1.29 is 0 Å². The summed E-state index contributed by atoms with van der Waals surface area (Å²) in [7, 11) is 0. The highest BCUT2D eigenvalue weighted by Gasteiger charge is 2.07. The Morgan fingerprint density at radius 2 is 1.47 bits per heavy atom. The second kappa shape index (κ2) is 6.56. The summed E-state index contributed by atoms with van der Waals surface area (Å²) in [5.41, 5.74) is 4.52. The summed E-state index contributed by atoms with van der Waals surface area (Å²) in [5.74, 6) is 0. The third-order valence-corrected chi connectivity index (χ3v) is 3.83. The van der Waals surface area contributed by atoms with E-state index in [-0.39, 0.29) is 0 Å². The first-order chi connectivity index (χ1) is 9.27. The van der Waals surface area contributed by atoms with E-state index >= 15 is 0 Å². The number of allylic oxidation sites excluding steroid dienone is 2. The smallest absolute Gasteiger partial charge is 0.0109 e. The maximum Gasteiger partial charge on any atom is -0.0109 e. The van der Waals surface area contributed by atoms with Gasteiger partial charge in [-0.2, -0.15) is 0 Å². The summed E-state index contributed by atoms with van der Waals surface area (Å²) in [6, 6.07) is 15.3. The SMILES string of the molecule is CCCC(CCC)=C(C)c1cccc2ccccc12. The summed E-state index contributed by atoms with van der Waals surface area (Å²) in [6.07, 6.45) is 4.92. The Balaban J connectivity index is 2.55. The van der Waals surface area contributed by atoms with Crippen LogP contribution in [0.3, 0.4) is 0 Å². The van der Waals surface area contributed by atoms with Crippen LogP contribution in [-0.4, -0.2) is 0 Å². The van der Waals surface area contributed by atoms with Gasteiger partial charge in [0.05, 0.1) is 0 Å². The van der Waals surface area contributed by atoms with Crippen LogP contribution < -0.4 is 0 Å². The lowest BCUT2D eigenvalue weighted by atomic mass is 9.92. The number of fused-ring (bicyclic) bond motifs is 1. The van der Waals surface area contributed by atoms with Crippen LogP contribution in [0.25, 0.3) is 16.3 Å². The van der Waals surface area contributed by atoms with Gasteiger partial charge < -0.3 is 0 Å². The van der Waals surface area contributed by atoms with Crippen molar-refractivity contribution in [3.8, 4) is 0 Å². The maximum absolute atomic E-state index is 2.29. The number of hydrogen-bond acceptors (Lipinski definition) is 0. The Morgan fingerprint density at radius 1 is 0.842 bits per heavy atom. The van der Waals surface area contributed by atoms with E-state index in [1.807, 2.05) is 0 Å². The average molecular weight is 252 g/mol. The van der Waals surface area contributed by atoms with Crippen LogP contribution in [0.1, 0.15) is 52.0 Å². The lowest BCUT2D eigenvalue weighted by Crippen LogP contribution is -1.91. The molecule has 0 atom stereocenters. The van der Waals surface area contributed by atoms with Crippen LogP contribution in [0.15, 0.2) is 48.0 Å². The van der Waals surface area contributed by atoms with E-state index in [9.17, 15) is 0 Å². The van der Waals surface area contributed by atoms with E-state index < -0.39 is 0 Å². The van der Waals surface area contributed by atoms with Gasteiger partial charge in [0.2, 0.25) is 0 Å². The molecule has 0 N–H and O–H groups in total. The van der Waals surface area contributed by atoms with Gasteiger partial charge >= 0.3 is 0 Å². The van der Waals surface area contributed by atoms with Crippen LogP contribution in [0.2, 0.25) is 0 Å². The third-order valence-electron chi connectivity index (χ3n) is 3.83. The molecule has 0 amide bonds. The van der Waals surface area contributed by atoms with Gasteiger partial charge in [0.15, 0.2) is 0 Å². The Morgan fingerprint density at radius 3 is 2.16 bits per heavy atom. The molecule has 0 aliphatic carbocycles. The van der Waals surface area contributed by atoms with E-state index in [0.717, 1.165) is 0 Å². The van der Waals surface area contributed by atoms with Crippen molar-refractivity contribution in [2.24, 2.45) is 0 Å². The van der Waals surface area contributed by atoms with Crippen LogP contribution in [-0.2, 0) is 0 Å². The van der Waals surface area contributed by atoms with Crippen molar-refractivity contribution in [2.45, 2.75) is 46.5 Å². The Kier molecular flexibility index (Phi) is 4.79. The molecule has 19 heavy (non-hydrogen) atoms. The molecule has 0 nitrogen and oxygen atoms in total. The third kappa shape index (κ3) is 3.07. The zero-order valence-electron chi connectivity index (χ0n) is 12.4. The summed E-state index contributed by atoms with van der Waals surface area (Å²) in [5, 5.41) is 2.72. The molecule has 0 fully saturated rings. The fourth-order valence-corrected chi connectivity index (χ4v) is 2.85. The predicted molar refractivity (Wildman–Crippen MR) is 86.4 cm³/mol. The van der Waals surface area contributed by atoms with Gasteiger partial charge in [-0.15, -0.1) is 0 Å². The summed E-state index contributed by atoms with van der Waals surface area (Å²) < 4.78 is 0. The molecular formula is C19H24. The Labute approximate surface area is 117 Å². The summed E-state index contributed by atoms with van der Waals surface area (Å²) in [6.45, 7) is 6.83. The fraction of sp³-hybridized carbons (Fsp3) is 0.368. The van der Waals surface area contributed by atoms with Crippen molar-refractivity contribution in [2.75, 3.05) is 0 Å². The highest BCUT2D eigenvalue weighted by Crippen LogP contribution is 2.30. The quantitative estimate of drug-likeness (QED) is 0.593. The van der Waals surface area contributed by atoms with Crippen molar-refractivity contribution in [3.63, 3.8) is 0 Å². The van der Waals surface area contributed by atoms with Gasteiger partial charge in [0, 0.05) is 0 Å². The van der Waals surface area contributed by atoms with Gasteiger partial charge in [-0.3, -0.25) is 0 Å². The van der Waals surface area contributed by atoms with Crippen molar-refractivity contribution in [1.82, 2.24) is 0 Å². The second-order valence-corrected chi connectivity index (χ2v) is 5.26. The molecule has 2 aromatic rings. The predicted octanol–water partition coefficient (Wildman–Crippen LogP) is 6.21. The van der Waals surface area contributed by atoms with E-state index in [0.29, 0.717) is 0 Å². The normalized spacial score (nSPS) is 10.7. The number of rotatable bonds is 5. The van der Waals surface area contributed by atoms with Gasteiger partial charge in [-0.1, -0.05) is 74.7 Å². The molecule has 0 saturated carbocycles. The highest BCUT2D eigenvalue weighted by molar-refractivity contribution is 5.94. The molecule has 0 radical (unpaired) electrons. The van der Waals surface area contributed by atoms with Crippen LogP contribution in [0, 0.1) is 0 Å². The molecule has 0 spiro atoms. The minimum Gasteiger partial charge on any atom is -0.0667 e. The summed E-state index contributed by atoms with van der Waals surface area (Å²) >= 11 is 0. The standard InChI is InChI=1S/C19H24/c1-4-9-16(10-5-2)15(3)18-14-8-12-17-11-6-7-13-19(17)18/h6-8,11-14H,4-5,9-10H2,1-3H3. The minimum atomic E-state index is 1.23. The zero-order chi connectivity index (χ0) is 13.7. The average Bonchev–Trinajstić information content (AvgIpc) is 2.46. The van der Waals surface area contributed by atoms with E-state index in [4.69, 9.17) is 0 Å². The minimum absolute atomic E-state index is 1.23. The molecule has 0 saturated heterocycles. The van der Waals surface area contributed by atoms with Gasteiger partial charge in [-0.05, 0) is 41.7 Å². The highest BCUT2D eigenvalue weighted by atomic mass is 14.1. The topological polar surface area (TPSA) is 0 Å². The number of benzene rings is 2. The molecule has 100 valence electrons. The first kappa shape index (κ1) is 13.9. The Hall–Kier alpha value is -1.56. The van der Waals surface area contributed by atoms with Crippen LogP contribution in [0.4, 0.5) is 0 Å². The van der Waals surface area contributed by atoms with Gasteiger partial charge in [0.1, 0.15) is 0 Å². The van der Waals surface area contributed by atoms with Crippen molar-refractivity contribution in [1.29, 1.82) is 0 Å². The second-order valence-electron chi connectivity index (χ2n) is 5.26. The Bertz CT molecular complexity index is 562. The summed E-state index contributed by atoms with van der Waals surface area (Å²) in [4.78, 5) is 0. The molecule has 2 rings (SSSR count). The monoisotopic (exact) mass is 252 g/mol. The van der Waals surface area contributed by atoms with Gasteiger partial charge in [0.25, 0.3) is 0 Å². The molecule has 0 unspecified atom stereocenters.